The molecule has 0 atom stereocenters. The highest BCUT2D eigenvalue weighted by molar-refractivity contribution is 7.30. The molecule has 0 spiro atoms. The number of hydrogen-bond acceptors (Lipinski definition) is 10. The maximum atomic E-state index is 6.46. The fourth-order valence-corrected chi connectivity index (χ4v) is 8.82. The van der Waals surface area contributed by atoms with Crippen molar-refractivity contribution in [3.8, 4) is 0 Å². The zero-order chi connectivity index (χ0) is 29.7. The molecule has 42 heavy (non-hydrogen) atoms. The van der Waals surface area contributed by atoms with Crippen LogP contribution in [0.1, 0.15) is 33.3 Å². The summed E-state index contributed by atoms with van der Waals surface area (Å²) in [5.41, 5.74) is 4.06. The van der Waals surface area contributed by atoms with Gasteiger partial charge >= 0.3 is 0 Å². The largest absolute Gasteiger partial charge is 0.416 e. The van der Waals surface area contributed by atoms with E-state index < -0.39 is 8.32 Å². The van der Waals surface area contributed by atoms with E-state index in [2.05, 4.69) is 95.4 Å². The van der Waals surface area contributed by atoms with E-state index in [0.29, 0.717) is 11.0 Å². The molecule has 0 radical (unpaired) electrons. The maximum Gasteiger partial charge on any atom is 0.231 e. The Balaban J connectivity index is 1.13. The molecule has 3 heterocycles. The van der Waals surface area contributed by atoms with Gasteiger partial charge in [-0.1, -0.05) is 62.5 Å². The van der Waals surface area contributed by atoms with Gasteiger partial charge in [0.1, 0.15) is 9.83 Å². The summed E-state index contributed by atoms with van der Waals surface area (Å²) in [7, 11) is -1.80. The zero-order valence-electron chi connectivity index (χ0n) is 25.3. The number of aromatic nitrogens is 1. The number of anilines is 1. The second kappa shape index (κ2) is 13.2. The van der Waals surface area contributed by atoms with E-state index in [1.54, 1.807) is 0 Å². The molecular formula is C31H40N6O2S2Si. The van der Waals surface area contributed by atoms with Crippen molar-refractivity contribution in [2.45, 2.75) is 52.2 Å². The van der Waals surface area contributed by atoms with E-state index in [-0.39, 0.29) is 5.04 Å². The van der Waals surface area contributed by atoms with Crippen LogP contribution in [0.25, 0.3) is 9.53 Å². The van der Waals surface area contributed by atoms with Gasteiger partial charge in [0.05, 0.1) is 29.3 Å². The van der Waals surface area contributed by atoms with Gasteiger partial charge in [-0.05, 0) is 78.5 Å². The summed E-state index contributed by atoms with van der Waals surface area (Å²) in [6, 6.07) is 18.4. The Hall–Kier alpha value is -2.83. The van der Waals surface area contributed by atoms with E-state index in [4.69, 9.17) is 9.16 Å². The Morgan fingerprint density at radius 1 is 0.929 bits per heavy atom. The molecule has 0 aliphatic carbocycles. The highest BCUT2D eigenvalue weighted by atomic mass is 32.1. The monoisotopic (exact) mass is 620 g/mol. The average Bonchev–Trinajstić information content (AvgIpc) is 3.55. The Bertz CT molecular complexity index is 1490. The summed E-state index contributed by atoms with van der Waals surface area (Å²) in [4.78, 5) is 7.83. The normalized spacial score (nSPS) is 15.2. The molecule has 4 aromatic rings. The lowest BCUT2D eigenvalue weighted by molar-refractivity contribution is 0.122. The molecule has 0 unspecified atom stereocenters. The molecule has 1 aliphatic rings. The van der Waals surface area contributed by atoms with Crippen LogP contribution < -0.4 is 4.90 Å². The summed E-state index contributed by atoms with van der Waals surface area (Å²) in [5, 5.41) is 19.3. The lowest BCUT2D eigenvalue weighted by Gasteiger charge is -2.42. The van der Waals surface area contributed by atoms with Crippen molar-refractivity contribution in [2.24, 2.45) is 26.4 Å². The van der Waals surface area contributed by atoms with Crippen LogP contribution in [0.4, 0.5) is 27.2 Å². The van der Waals surface area contributed by atoms with Gasteiger partial charge in [-0.2, -0.15) is 0 Å². The molecule has 1 aliphatic heterocycles. The number of nitrogens with zero attached hydrogens (tertiary/aromatic N) is 6. The van der Waals surface area contributed by atoms with Gasteiger partial charge in [-0.25, -0.2) is 4.98 Å². The Labute approximate surface area is 257 Å². The first-order valence-corrected chi connectivity index (χ1v) is 19.0. The van der Waals surface area contributed by atoms with E-state index >= 15 is 0 Å². The number of thiazole rings is 1. The van der Waals surface area contributed by atoms with E-state index in [1.807, 2.05) is 30.3 Å². The van der Waals surface area contributed by atoms with Gasteiger partial charge in [0.15, 0.2) is 8.32 Å². The second-order valence-electron chi connectivity index (χ2n) is 11.9. The molecule has 0 saturated carbocycles. The van der Waals surface area contributed by atoms with Crippen LogP contribution in [0, 0.1) is 5.92 Å². The number of thiophene rings is 1. The molecule has 2 aromatic carbocycles. The topological polar surface area (TPSA) is 84.0 Å². The summed E-state index contributed by atoms with van der Waals surface area (Å²) in [5.74, 6) is 0.598. The van der Waals surface area contributed by atoms with Gasteiger partial charge in [0.2, 0.25) is 5.13 Å². The van der Waals surface area contributed by atoms with Crippen molar-refractivity contribution in [1.29, 1.82) is 0 Å². The van der Waals surface area contributed by atoms with Gasteiger partial charge in [0.25, 0.3) is 0 Å². The summed E-state index contributed by atoms with van der Waals surface area (Å²) in [6.45, 7) is 18.0. The molecular weight excluding hydrogens is 581 g/mol. The predicted octanol–water partition coefficient (Wildman–Crippen LogP) is 10.2. The van der Waals surface area contributed by atoms with Crippen molar-refractivity contribution in [2.75, 3.05) is 37.8 Å². The Kier molecular flexibility index (Phi) is 9.63. The number of ether oxygens (including phenoxy) is 1. The first kappa shape index (κ1) is 30.6. The Morgan fingerprint density at radius 2 is 1.57 bits per heavy atom. The molecule has 222 valence electrons. The quantitative estimate of drug-likeness (QED) is 0.123. The number of rotatable bonds is 11. The van der Waals surface area contributed by atoms with Crippen LogP contribution in [-0.4, -0.2) is 46.2 Å². The van der Waals surface area contributed by atoms with Crippen molar-refractivity contribution < 1.29 is 9.16 Å². The third-order valence-corrected chi connectivity index (χ3v) is 15.1. The fourth-order valence-electron chi connectivity index (χ4n) is 4.60. The summed E-state index contributed by atoms with van der Waals surface area (Å²) in [6.07, 6.45) is 0.897. The maximum absolute atomic E-state index is 6.46. The molecule has 5 rings (SSSR count). The van der Waals surface area contributed by atoms with Gasteiger partial charge in [-0.3, -0.25) is 0 Å². The molecule has 0 N–H and O–H groups in total. The second-order valence-corrected chi connectivity index (χ2v) is 18.5. The zero-order valence-corrected chi connectivity index (χ0v) is 28.0. The molecule has 1 saturated heterocycles. The molecule has 0 amide bonds. The number of fused-ring (bicyclic) bond motifs is 1. The number of azo groups is 2. The van der Waals surface area contributed by atoms with E-state index in [1.165, 1.54) is 33.9 Å². The number of morpholine rings is 1. The fraction of sp³-hybridized carbons (Fsp3) is 0.452. The minimum Gasteiger partial charge on any atom is -0.416 e. The standard InChI is InChI=1S/C31H40N6O2S2Si/c1-22(2)31(3,4)42(5,6)39-18-15-23-7-9-24(10-8-23)33-35-28-21-27-29(41-28)32-30(40-27)36-34-25-11-13-26(14-12-25)37-16-19-38-20-17-37/h7-14,21-22H,15-20H2,1-6H3. The highest BCUT2D eigenvalue weighted by Crippen LogP contribution is 2.44. The van der Waals surface area contributed by atoms with Crippen LogP contribution in [0.2, 0.25) is 18.1 Å². The number of benzene rings is 2. The van der Waals surface area contributed by atoms with Crippen LogP contribution in [0.5, 0.6) is 0 Å². The molecule has 11 heteroatoms. The molecule has 8 nitrogen and oxygen atoms in total. The van der Waals surface area contributed by atoms with Crippen molar-refractivity contribution in [3.63, 3.8) is 0 Å². The third-order valence-electron chi connectivity index (χ3n) is 8.59. The SMILES string of the molecule is CC(C)C(C)(C)[Si](C)(C)OCCc1ccc(N=Nc2cc3sc(N=Nc4ccc(N5CCOCC5)cc4)nc3s2)cc1. The third kappa shape index (κ3) is 7.38. The average molecular weight is 621 g/mol. The molecule has 2 aromatic heterocycles. The molecule has 1 fully saturated rings. The minimum absolute atomic E-state index is 0.227. The van der Waals surface area contributed by atoms with E-state index in [0.717, 1.165) is 65.2 Å². The first-order chi connectivity index (χ1) is 20.1. The highest BCUT2D eigenvalue weighted by Gasteiger charge is 2.43. The lowest BCUT2D eigenvalue weighted by Crippen LogP contribution is -2.45. The first-order valence-electron chi connectivity index (χ1n) is 14.5. The summed E-state index contributed by atoms with van der Waals surface area (Å²) >= 11 is 3.01. The minimum atomic E-state index is -1.80. The van der Waals surface area contributed by atoms with Gasteiger partial charge in [-0.15, -0.1) is 20.5 Å². The smallest absolute Gasteiger partial charge is 0.231 e. The van der Waals surface area contributed by atoms with Crippen LogP contribution in [0.15, 0.2) is 75.1 Å². The van der Waals surface area contributed by atoms with Gasteiger partial charge < -0.3 is 14.1 Å². The molecule has 0 bridgehead atoms. The van der Waals surface area contributed by atoms with Crippen LogP contribution in [-0.2, 0) is 15.6 Å². The Morgan fingerprint density at radius 3 is 2.21 bits per heavy atom. The van der Waals surface area contributed by atoms with Crippen molar-refractivity contribution >= 4 is 67.7 Å². The van der Waals surface area contributed by atoms with Crippen molar-refractivity contribution in [3.05, 3.63) is 60.2 Å². The van der Waals surface area contributed by atoms with E-state index in [9.17, 15) is 0 Å². The lowest BCUT2D eigenvalue weighted by atomic mass is 9.99. The number of hydrogen-bond donors (Lipinski definition) is 0. The predicted molar refractivity (Wildman–Crippen MR) is 178 cm³/mol. The van der Waals surface area contributed by atoms with Crippen molar-refractivity contribution in [1.82, 2.24) is 4.98 Å². The van der Waals surface area contributed by atoms with Gasteiger partial charge in [0, 0.05) is 25.4 Å². The summed E-state index contributed by atoms with van der Waals surface area (Å²) < 4.78 is 12.9. The van der Waals surface area contributed by atoms with Crippen LogP contribution >= 0.6 is 22.7 Å². The van der Waals surface area contributed by atoms with Crippen LogP contribution in [0.3, 0.4) is 0 Å².